The fraction of sp³-hybridized carbons (Fsp3) is 0.294. The van der Waals surface area contributed by atoms with Gasteiger partial charge in [0.2, 0.25) is 5.91 Å². The van der Waals surface area contributed by atoms with Crippen LogP contribution in [-0.4, -0.2) is 46.8 Å². The molecule has 0 bridgehead atoms. The maximum atomic E-state index is 12.4. The van der Waals surface area contributed by atoms with E-state index >= 15 is 0 Å². The van der Waals surface area contributed by atoms with Gasteiger partial charge in [-0.05, 0) is 50.2 Å². The average molecular weight is 356 g/mol. The second-order valence-corrected chi connectivity index (χ2v) is 6.02. The lowest BCUT2D eigenvalue weighted by molar-refractivity contribution is 0.0913. The van der Waals surface area contributed by atoms with Crippen molar-refractivity contribution in [2.75, 3.05) is 18.4 Å². The highest BCUT2D eigenvalue weighted by Gasteiger charge is 2.23. The summed E-state index contributed by atoms with van der Waals surface area (Å²) in [6.45, 7) is 1.70. The van der Waals surface area contributed by atoms with Crippen molar-refractivity contribution in [3.05, 3.63) is 47.5 Å². The van der Waals surface area contributed by atoms with Crippen LogP contribution in [0.3, 0.4) is 0 Å². The standard InChI is InChI=1S/C17H20N6O3/c18-15(24)10-1-3-11(4-2-10)22-16(25)13-14(21-9-20-13)17(26)23-12-5-7-19-8-6-12/h1-4,9,12,19H,5-8H2,(H2,18,24)(H,20,21)(H,22,25)(H,23,26). The summed E-state index contributed by atoms with van der Waals surface area (Å²) in [4.78, 5) is 42.6. The maximum Gasteiger partial charge on any atom is 0.276 e. The third kappa shape index (κ3) is 4.06. The molecule has 1 aliphatic heterocycles. The molecule has 136 valence electrons. The predicted molar refractivity (Wildman–Crippen MR) is 94.9 cm³/mol. The Morgan fingerprint density at radius 1 is 1.08 bits per heavy atom. The number of piperidine rings is 1. The van der Waals surface area contributed by atoms with Crippen molar-refractivity contribution < 1.29 is 14.4 Å². The molecule has 0 saturated carbocycles. The van der Waals surface area contributed by atoms with Gasteiger partial charge in [-0.2, -0.15) is 0 Å². The minimum Gasteiger partial charge on any atom is -0.366 e. The molecule has 0 radical (unpaired) electrons. The van der Waals surface area contributed by atoms with Crippen molar-refractivity contribution in [3.8, 4) is 0 Å². The number of nitrogens with one attached hydrogen (secondary N) is 4. The van der Waals surface area contributed by atoms with Crippen LogP contribution in [0.25, 0.3) is 0 Å². The predicted octanol–water partition coefficient (Wildman–Crippen LogP) is 0.243. The highest BCUT2D eigenvalue weighted by molar-refractivity contribution is 6.10. The molecular formula is C17H20N6O3. The van der Waals surface area contributed by atoms with Gasteiger partial charge >= 0.3 is 0 Å². The number of primary amides is 1. The SMILES string of the molecule is NC(=O)c1ccc(NC(=O)c2nc[nH]c2C(=O)NC2CCNCC2)cc1. The third-order valence-corrected chi connectivity index (χ3v) is 4.18. The van der Waals surface area contributed by atoms with Gasteiger partial charge in [-0.1, -0.05) is 0 Å². The Labute approximate surface area is 149 Å². The van der Waals surface area contributed by atoms with Crippen LogP contribution in [0.15, 0.2) is 30.6 Å². The Morgan fingerprint density at radius 2 is 1.77 bits per heavy atom. The summed E-state index contributed by atoms with van der Waals surface area (Å²) in [5, 5.41) is 8.79. The van der Waals surface area contributed by atoms with Gasteiger partial charge in [0.25, 0.3) is 11.8 Å². The van der Waals surface area contributed by atoms with Gasteiger partial charge in [-0.3, -0.25) is 14.4 Å². The van der Waals surface area contributed by atoms with Crippen LogP contribution < -0.4 is 21.7 Å². The zero-order chi connectivity index (χ0) is 18.5. The Hall–Kier alpha value is -3.20. The smallest absolute Gasteiger partial charge is 0.276 e. The van der Waals surface area contributed by atoms with Crippen molar-refractivity contribution in [2.24, 2.45) is 5.73 Å². The number of amides is 3. The third-order valence-electron chi connectivity index (χ3n) is 4.18. The number of carbonyl (C=O) groups is 3. The maximum absolute atomic E-state index is 12.4. The van der Waals surface area contributed by atoms with E-state index < -0.39 is 11.8 Å². The molecule has 3 amide bonds. The van der Waals surface area contributed by atoms with Gasteiger partial charge in [0, 0.05) is 17.3 Å². The molecule has 0 aliphatic carbocycles. The summed E-state index contributed by atoms with van der Waals surface area (Å²) in [6, 6.07) is 6.20. The topological polar surface area (TPSA) is 142 Å². The summed E-state index contributed by atoms with van der Waals surface area (Å²) in [5.74, 6) is -1.43. The molecule has 2 aromatic rings. The zero-order valence-electron chi connectivity index (χ0n) is 14.0. The average Bonchev–Trinajstić information content (AvgIpc) is 3.13. The minimum absolute atomic E-state index is 0.00964. The molecule has 0 atom stereocenters. The molecule has 0 unspecified atom stereocenters. The first-order chi connectivity index (χ1) is 12.5. The van der Waals surface area contributed by atoms with E-state index in [0.717, 1.165) is 25.9 Å². The van der Waals surface area contributed by atoms with Gasteiger partial charge in [0.05, 0.1) is 6.33 Å². The Bertz CT molecular complexity index is 808. The van der Waals surface area contributed by atoms with E-state index in [2.05, 4.69) is 25.9 Å². The molecule has 2 heterocycles. The minimum atomic E-state index is -0.549. The van der Waals surface area contributed by atoms with E-state index in [9.17, 15) is 14.4 Å². The number of nitrogens with zero attached hydrogens (tertiary/aromatic N) is 1. The summed E-state index contributed by atoms with van der Waals surface area (Å²) in [5.41, 5.74) is 6.12. The molecule has 9 nitrogen and oxygen atoms in total. The number of nitrogens with two attached hydrogens (primary N) is 1. The molecular weight excluding hydrogens is 336 g/mol. The number of rotatable bonds is 5. The van der Waals surface area contributed by atoms with E-state index in [-0.39, 0.29) is 23.3 Å². The van der Waals surface area contributed by atoms with Crippen LogP contribution in [0.4, 0.5) is 5.69 Å². The fourth-order valence-electron chi connectivity index (χ4n) is 2.77. The molecule has 1 aromatic heterocycles. The van der Waals surface area contributed by atoms with Gasteiger partial charge in [0.15, 0.2) is 5.69 Å². The molecule has 1 fully saturated rings. The van der Waals surface area contributed by atoms with Gasteiger partial charge in [-0.25, -0.2) is 4.98 Å². The summed E-state index contributed by atoms with van der Waals surface area (Å²) >= 11 is 0. The van der Waals surface area contributed by atoms with Crippen LogP contribution in [0.2, 0.25) is 0 Å². The number of H-pyrrole nitrogens is 1. The molecule has 1 aliphatic rings. The lowest BCUT2D eigenvalue weighted by Crippen LogP contribution is -2.43. The first-order valence-electron chi connectivity index (χ1n) is 8.31. The van der Waals surface area contributed by atoms with Crippen molar-refractivity contribution in [1.29, 1.82) is 0 Å². The van der Waals surface area contributed by atoms with E-state index in [1.165, 1.54) is 18.5 Å². The number of hydrogen-bond acceptors (Lipinski definition) is 5. The second kappa shape index (κ2) is 7.79. The molecule has 1 aromatic carbocycles. The van der Waals surface area contributed by atoms with Gasteiger partial charge in [0.1, 0.15) is 5.69 Å². The summed E-state index contributed by atoms with van der Waals surface area (Å²) in [6.07, 6.45) is 2.99. The van der Waals surface area contributed by atoms with Crippen molar-refractivity contribution in [2.45, 2.75) is 18.9 Å². The molecule has 6 N–H and O–H groups in total. The first kappa shape index (κ1) is 17.6. The number of hydrogen-bond donors (Lipinski definition) is 5. The summed E-state index contributed by atoms with van der Waals surface area (Å²) in [7, 11) is 0. The highest BCUT2D eigenvalue weighted by Crippen LogP contribution is 2.13. The Morgan fingerprint density at radius 3 is 2.42 bits per heavy atom. The van der Waals surface area contributed by atoms with E-state index in [0.29, 0.717) is 11.3 Å². The Balaban J connectivity index is 1.67. The van der Waals surface area contributed by atoms with E-state index in [4.69, 9.17) is 5.73 Å². The number of imidazole rings is 1. The monoisotopic (exact) mass is 356 g/mol. The fourth-order valence-corrected chi connectivity index (χ4v) is 2.77. The number of aromatic nitrogens is 2. The lowest BCUT2D eigenvalue weighted by atomic mass is 10.1. The molecule has 3 rings (SSSR count). The Kier molecular flexibility index (Phi) is 5.28. The largest absolute Gasteiger partial charge is 0.366 e. The summed E-state index contributed by atoms with van der Waals surface area (Å²) < 4.78 is 0. The van der Waals surface area contributed by atoms with Crippen molar-refractivity contribution in [1.82, 2.24) is 20.6 Å². The van der Waals surface area contributed by atoms with Crippen LogP contribution in [0, 0.1) is 0 Å². The van der Waals surface area contributed by atoms with Crippen LogP contribution in [0.5, 0.6) is 0 Å². The quantitative estimate of drug-likeness (QED) is 0.522. The number of benzene rings is 1. The highest BCUT2D eigenvalue weighted by atomic mass is 16.2. The van der Waals surface area contributed by atoms with Gasteiger partial charge in [-0.15, -0.1) is 0 Å². The number of anilines is 1. The second-order valence-electron chi connectivity index (χ2n) is 6.02. The van der Waals surface area contributed by atoms with Crippen LogP contribution >= 0.6 is 0 Å². The normalized spacial score (nSPS) is 14.6. The number of aromatic amines is 1. The molecule has 1 saturated heterocycles. The van der Waals surface area contributed by atoms with Crippen LogP contribution in [0.1, 0.15) is 44.2 Å². The molecule has 26 heavy (non-hydrogen) atoms. The van der Waals surface area contributed by atoms with E-state index in [1.54, 1.807) is 12.1 Å². The van der Waals surface area contributed by atoms with Crippen molar-refractivity contribution >= 4 is 23.4 Å². The first-order valence-corrected chi connectivity index (χ1v) is 8.31. The van der Waals surface area contributed by atoms with E-state index in [1.807, 2.05) is 0 Å². The van der Waals surface area contributed by atoms with Gasteiger partial charge < -0.3 is 26.7 Å². The van der Waals surface area contributed by atoms with Crippen LogP contribution in [-0.2, 0) is 0 Å². The van der Waals surface area contributed by atoms with Crippen molar-refractivity contribution in [3.63, 3.8) is 0 Å². The molecule has 9 heteroatoms. The zero-order valence-corrected chi connectivity index (χ0v) is 14.0. The lowest BCUT2D eigenvalue weighted by Gasteiger charge is -2.23. The molecule has 0 spiro atoms. The number of carbonyl (C=O) groups excluding carboxylic acids is 3.